The van der Waals surface area contributed by atoms with Crippen molar-refractivity contribution in [3.63, 3.8) is 0 Å². The zero-order valence-corrected chi connectivity index (χ0v) is 9.91. The molecule has 16 heavy (non-hydrogen) atoms. The summed E-state index contributed by atoms with van der Waals surface area (Å²) >= 11 is 6.00. The molecule has 1 aromatic carbocycles. The van der Waals surface area contributed by atoms with Crippen molar-refractivity contribution < 1.29 is 0 Å². The van der Waals surface area contributed by atoms with Gasteiger partial charge in [0.15, 0.2) is 0 Å². The molecule has 0 unspecified atom stereocenters. The SMILES string of the molecule is Cc1cnn(-c2cc(Cl)ccc2CCN)c1. The third kappa shape index (κ3) is 2.26. The van der Waals surface area contributed by atoms with E-state index in [0.717, 1.165) is 23.2 Å². The van der Waals surface area contributed by atoms with Gasteiger partial charge in [0.1, 0.15) is 0 Å². The van der Waals surface area contributed by atoms with Crippen LogP contribution in [0, 0.1) is 6.92 Å². The molecule has 0 spiro atoms. The first-order valence-electron chi connectivity index (χ1n) is 5.21. The predicted molar refractivity (Wildman–Crippen MR) is 66.1 cm³/mol. The lowest BCUT2D eigenvalue weighted by Gasteiger charge is -2.09. The van der Waals surface area contributed by atoms with Crippen LogP contribution in [-0.2, 0) is 6.42 Å². The number of rotatable bonds is 3. The maximum atomic E-state index is 6.00. The highest BCUT2D eigenvalue weighted by atomic mass is 35.5. The van der Waals surface area contributed by atoms with Gasteiger partial charge in [-0.25, -0.2) is 4.68 Å². The molecular weight excluding hydrogens is 222 g/mol. The van der Waals surface area contributed by atoms with E-state index in [9.17, 15) is 0 Å². The van der Waals surface area contributed by atoms with Crippen LogP contribution in [0.15, 0.2) is 30.6 Å². The first-order chi connectivity index (χ1) is 7.70. The Labute approximate surface area is 99.8 Å². The van der Waals surface area contributed by atoms with Crippen molar-refractivity contribution in [1.29, 1.82) is 0 Å². The quantitative estimate of drug-likeness (QED) is 0.888. The van der Waals surface area contributed by atoms with Crippen molar-refractivity contribution in [2.24, 2.45) is 5.73 Å². The molecule has 2 rings (SSSR count). The number of hydrogen-bond acceptors (Lipinski definition) is 2. The molecule has 84 valence electrons. The standard InChI is InChI=1S/C12H14ClN3/c1-9-7-15-16(8-9)12-6-11(13)3-2-10(12)4-5-14/h2-3,6-8H,4-5,14H2,1H3. The van der Waals surface area contributed by atoms with Gasteiger partial charge in [0.05, 0.1) is 11.9 Å². The molecule has 0 aliphatic heterocycles. The number of aromatic nitrogens is 2. The normalized spacial score (nSPS) is 10.7. The maximum Gasteiger partial charge on any atom is 0.0692 e. The van der Waals surface area contributed by atoms with Crippen molar-refractivity contribution >= 4 is 11.6 Å². The molecule has 0 fully saturated rings. The number of aryl methyl sites for hydroxylation is 1. The zero-order valence-electron chi connectivity index (χ0n) is 9.15. The smallest absolute Gasteiger partial charge is 0.0692 e. The summed E-state index contributed by atoms with van der Waals surface area (Å²) in [6.07, 6.45) is 4.63. The van der Waals surface area contributed by atoms with Gasteiger partial charge in [0.2, 0.25) is 0 Å². The minimum atomic E-state index is 0.620. The monoisotopic (exact) mass is 235 g/mol. The lowest BCUT2D eigenvalue weighted by atomic mass is 10.1. The molecule has 0 saturated heterocycles. The van der Waals surface area contributed by atoms with Gasteiger partial charge in [-0.1, -0.05) is 17.7 Å². The van der Waals surface area contributed by atoms with Gasteiger partial charge in [-0.05, 0) is 43.1 Å². The summed E-state index contributed by atoms with van der Waals surface area (Å²) in [6, 6.07) is 5.80. The van der Waals surface area contributed by atoms with Gasteiger partial charge in [-0.3, -0.25) is 0 Å². The fraction of sp³-hybridized carbons (Fsp3) is 0.250. The van der Waals surface area contributed by atoms with Crippen molar-refractivity contribution in [1.82, 2.24) is 9.78 Å². The molecule has 0 bridgehead atoms. The van der Waals surface area contributed by atoms with Crippen LogP contribution in [0.25, 0.3) is 5.69 Å². The maximum absolute atomic E-state index is 6.00. The molecule has 1 aromatic heterocycles. The van der Waals surface area contributed by atoms with Crippen LogP contribution in [-0.4, -0.2) is 16.3 Å². The molecule has 2 N–H and O–H groups in total. The third-order valence-corrected chi connectivity index (χ3v) is 2.65. The van der Waals surface area contributed by atoms with E-state index in [1.54, 1.807) is 0 Å². The summed E-state index contributed by atoms with van der Waals surface area (Å²) in [6.45, 7) is 2.63. The lowest BCUT2D eigenvalue weighted by molar-refractivity contribution is 0.850. The van der Waals surface area contributed by atoms with Gasteiger partial charge >= 0.3 is 0 Å². The van der Waals surface area contributed by atoms with E-state index in [1.807, 2.05) is 42.2 Å². The Balaban J connectivity index is 2.48. The summed E-state index contributed by atoms with van der Waals surface area (Å²) in [5.41, 5.74) is 8.88. The van der Waals surface area contributed by atoms with Crippen LogP contribution in [0.4, 0.5) is 0 Å². The predicted octanol–water partition coefficient (Wildman–Crippen LogP) is 2.34. The number of benzene rings is 1. The fourth-order valence-corrected chi connectivity index (χ4v) is 1.83. The average molecular weight is 236 g/mol. The highest BCUT2D eigenvalue weighted by Gasteiger charge is 2.06. The van der Waals surface area contributed by atoms with Gasteiger partial charge < -0.3 is 5.73 Å². The minimum Gasteiger partial charge on any atom is -0.330 e. The molecule has 0 aliphatic rings. The highest BCUT2D eigenvalue weighted by molar-refractivity contribution is 6.30. The number of hydrogen-bond donors (Lipinski definition) is 1. The van der Waals surface area contributed by atoms with Crippen LogP contribution in [0.1, 0.15) is 11.1 Å². The summed E-state index contributed by atoms with van der Waals surface area (Å²) in [7, 11) is 0. The van der Waals surface area contributed by atoms with E-state index in [0.29, 0.717) is 11.6 Å². The Bertz CT molecular complexity index is 491. The van der Waals surface area contributed by atoms with Gasteiger partial charge in [0.25, 0.3) is 0 Å². The molecule has 0 atom stereocenters. The number of nitrogens with two attached hydrogens (primary N) is 1. The van der Waals surface area contributed by atoms with Gasteiger partial charge in [0, 0.05) is 11.2 Å². The van der Waals surface area contributed by atoms with E-state index >= 15 is 0 Å². The minimum absolute atomic E-state index is 0.620. The first-order valence-corrected chi connectivity index (χ1v) is 5.58. The van der Waals surface area contributed by atoms with Crippen LogP contribution < -0.4 is 5.73 Å². The zero-order chi connectivity index (χ0) is 11.5. The Kier molecular flexibility index (Phi) is 3.27. The molecule has 0 amide bonds. The second kappa shape index (κ2) is 4.68. The van der Waals surface area contributed by atoms with Crippen molar-refractivity contribution in [3.05, 3.63) is 46.7 Å². The summed E-state index contributed by atoms with van der Waals surface area (Å²) in [5.74, 6) is 0. The van der Waals surface area contributed by atoms with Crippen molar-refractivity contribution in [3.8, 4) is 5.69 Å². The number of nitrogens with zero attached hydrogens (tertiary/aromatic N) is 2. The van der Waals surface area contributed by atoms with Gasteiger partial charge in [-0.15, -0.1) is 0 Å². The second-order valence-corrected chi connectivity index (χ2v) is 4.21. The Hall–Kier alpha value is -1.32. The third-order valence-electron chi connectivity index (χ3n) is 2.42. The van der Waals surface area contributed by atoms with Gasteiger partial charge in [-0.2, -0.15) is 5.10 Å². The molecule has 4 heteroatoms. The van der Waals surface area contributed by atoms with E-state index in [2.05, 4.69) is 5.10 Å². The first kappa shape index (κ1) is 11.2. The molecule has 2 aromatic rings. The van der Waals surface area contributed by atoms with E-state index in [1.165, 1.54) is 0 Å². The van der Waals surface area contributed by atoms with Crippen LogP contribution in [0.3, 0.4) is 0 Å². The molecule has 1 heterocycles. The van der Waals surface area contributed by atoms with Crippen LogP contribution in [0.5, 0.6) is 0 Å². The second-order valence-electron chi connectivity index (χ2n) is 3.77. The molecule has 0 saturated carbocycles. The van der Waals surface area contributed by atoms with Crippen molar-refractivity contribution in [2.75, 3.05) is 6.54 Å². The highest BCUT2D eigenvalue weighted by Crippen LogP contribution is 2.20. The number of halogens is 1. The topological polar surface area (TPSA) is 43.8 Å². The van der Waals surface area contributed by atoms with E-state index < -0.39 is 0 Å². The van der Waals surface area contributed by atoms with Crippen LogP contribution in [0.2, 0.25) is 5.02 Å². The van der Waals surface area contributed by atoms with Crippen molar-refractivity contribution in [2.45, 2.75) is 13.3 Å². The van der Waals surface area contributed by atoms with E-state index in [4.69, 9.17) is 17.3 Å². The Morgan fingerprint density at radius 1 is 1.44 bits per heavy atom. The van der Waals surface area contributed by atoms with Crippen LogP contribution >= 0.6 is 11.6 Å². The summed E-state index contributed by atoms with van der Waals surface area (Å²) < 4.78 is 1.84. The lowest BCUT2D eigenvalue weighted by Crippen LogP contribution is -2.07. The summed E-state index contributed by atoms with van der Waals surface area (Å²) in [4.78, 5) is 0. The largest absolute Gasteiger partial charge is 0.330 e. The average Bonchev–Trinajstić information content (AvgIpc) is 2.68. The fourth-order valence-electron chi connectivity index (χ4n) is 1.66. The Morgan fingerprint density at radius 2 is 2.25 bits per heavy atom. The molecule has 0 aliphatic carbocycles. The van der Waals surface area contributed by atoms with E-state index in [-0.39, 0.29) is 0 Å². The molecular formula is C12H14ClN3. The summed E-state index contributed by atoms with van der Waals surface area (Å²) in [5, 5.41) is 5.00. The molecule has 0 radical (unpaired) electrons. The molecule has 3 nitrogen and oxygen atoms in total. The Morgan fingerprint density at radius 3 is 2.88 bits per heavy atom.